The summed E-state index contributed by atoms with van der Waals surface area (Å²) in [4.78, 5) is 39.1. The van der Waals surface area contributed by atoms with Crippen LogP contribution < -0.4 is 10.1 Å². The van der Waals surface area contributed by atoms with Gasteiger partial charge >= 0.3 is 5.97 Å². The SMILES string of the molecule is CCC(C)OC(=O)CC1C(=O)NCCN1C(=O)c1ccccc1OCCOC. The van der Waals surface area contributed by atoms with E-state index in [-0.39, 0.29) is 24.3 Å². The molecule has 1 aromatic carbocycles. The summed E-state index contributed by atoms with van der Waals surface area (Å²) in [5.41, 5.74) is 0.341. The highest BCUT2D eigenvalue weighted by molar-refractivity contribution is 6.01. The van der Waals surface area contributed by atoms with Crippen LogP contribution in [0.3, 0.4) is 0 Å². The molecule has 0 saturated carbocycles. The minimum absolute atomic E-state index is 0.186. The maximum absolute atomic E-state index is 13.2. The predicted molar refractivity (Wildman–Crippen MR) is 102 cm³/mol. The molecule has 8 heteroatoms. The summed E-state index contributed by atoms with van der Waals surface area (Å²) in [5, 5.41) is 2.71. The fraction of sp³-hybridized carbons (Fsp3) is 0.550. The molecule has 1 heterocycles. The van der Waals surface area contributed by atoms with Crippen molar-refractivity contribution in [3.8, 4) is 5.75 Å². The average molecular weight is 392 g/mol. The normalized spacial score (nSPS) is 17.6. The highest BCUT2D eigenvalue weighted by atomic mass is 16.5. The molecule has 154 valence electrons. The number of carbonyl (C=O) groups is 3. The molecule has 2 unspecified atom stereocenters. The Kier molecular flexibility index (Phi) is 8.25. The lowest BCUT2D eigenvalue weighted by molar-refractivity contribution is -0.151. The van der Waals surface area contributed by atoms with Gasteiger partial charge in [0.15, 0.2) is 0 Å². The quantitative estimate of drug-likeness (QED) is 0.504. The highest BCUT2D eigenvalue weighted by Gasteiger charge is 2.36. The van der Waals surface area contributed by atoms with Gasteiger partial charge in [-0.25, -0.2) is 0 Å². The molecular formula is C20H28N2O6. The van der Waals surface area contributed by atoms with Gasteiger partial charge in [-0.1, -0.05) is 19.1 Å². The predicted octanol–water partition coefficient (Wildman–Crippen LogP) is 1.38. The number of para-hydroxylation sites is 1. The standard InChI is InChI=1S/C20H28N2O6/c1-4-14(2)28-18(23)13-16-19(24)21-9-10-22(16)20(25)15-7-5-6-8-17(15)27-12-11-26-3/h5-8,14,16H,4,9-13H2,1-3H3,(H,21,24). The molecule has 2 atom stereocenters. The number of benzene rings is 1. The Morgan fingerprint density at radius 1 is 1.29 bits per heavy atom. The molecule has 2 rings (SSSR count). The molecule has 0 spiro atoms. The summed E-state index contributed by atoms with van der Waals surface area (Å²) in [6, 6.07) is 5.92. The van der Waals surface area contributed by atoms with Crippen LogP contribution in [0.5, 0.6) is 5.75 Å². The lowest BCUT2D eigenvalue weighted by Gasteiger charge is -2.35. The molecule has 1 aliphatic rings. The van der Waals surface area contributed by atoms with Crippen LogP contribution in [-0.4, -0.2) is 68.2 Å². The highest BCUT2D eigenvalue weighted by Crippen LogP contribution is 2.23. The van der Waals surface area contributed by atoms with E-state index in [1.807, 2.05) is 6.92 Å². The van der Waals surface area contributed by atoms with Gasteiger partial charge in [-0.15, -0.1) is 0 Å². The number of ether oxygens (including phenoxy) is 3. The lowest BCUT2D eigenvalue weighted by atomic mass is 10.1. The van der Waals surface area contributed by atoms with Crippen LogP contribution in [0.2, 0.25) is 0 Å². The van der Waals surface area contributed by atoms with Crippen molar-refractivity contribution in [3.05, 3.63) is 29.8 Å². The Hall–Kier alpha value is -2.61. The number of nitrogens with zero attached hydrogens (tertiary/aromatic N) is 1. The van der Waals surface area contributed by atoms with Gasteiger partial charge in [-0.3, -0.25) is 14.4 Å². The van der Waals surface area contributed by atoms with Gasteiger partial charge in [0.2, 0.25) is 5.91 Å². The number of esters is 1. The number of nitrogens with one attached hydrogen (secondary N) is 1. The van der Waals surface area contributed by atoms with E-state index in [4.69, 9.17) is 14.2 Å². The van der Waals surface area contributed by atoms with Gasteiger partial charge in [-0.2, -0.15) is 0 Å². The Morgan fingerprint density at radius 2 is 2.04 bits per heavy atom. The topological polar surface area (TPSA) is 94.2 Å². The Labute approximate surface area is 165 Å². The summed E-state index contributed by atoms with van der Waals surface area (Å²) >= 11 is 0. The molecule has 28 heavy (non-hydrogen) atoms. The molecule has 1 aromatic rings. The third-order valence-corrected chi connectivity index (χ3v) is 4.52. The summed E-state index contributed by atoms with van der Waals surface area (Å²) in [6.45, 7) is 5.01. The zero-order chi connectivity index (χ0) is 20.5. The van der Waals surface area contributed by atoms with Crippen LogP contribution in [0.25, 0.3) is 0 Å². The second-order valence-corrected chi connectivity index (χ2v) is 6.56. The van der Waals surface area contributed by atoms with Crippen molar-refractivity contribution < 1.29 is 28.6 Å². The number of methoxy groups -OCH3 is 1. The van der Waals surface area contributed by atoms with Crippen LogP contribution in [0.1, 0.15) is 37.0 Å². The van der Waals surface area contributed by atoms with E-state index in [0.717, 1.165) is 0 Å². The maximum Gasteiger partial charge on any atom is 0.308 e. The second-order valence-electron chi connectivity index (χ2n) is 6.56. The van der Waals surface area contributed by atoms with Crippen molar-refractivity contribution in [1.82, 2.24) is 10.2 Å². The Bertz CT molecular complexity index is 693. The van der Waals surface area contributed by atoms with Crippen molar-refractivity contribution in [1.29, 1.82) is 0 Å². The average Bonchev–Trinajstić information content (AvgIpc) is 2.69. The van der Waals surface area contributed by atoms with Crippen LogP contribution in [0, 0.1) is 0 Å². The molecule has 8 nitrogen and oxygen atoms in total. The third kappa shape index (κ3) is 5.69. The van der Waals surface area contributed by atoms with Gasteiger partial charge in [0, 0.05) is 20.2 Å². The lowest BCUT2D eigenvalue weighted by Crippen LogP contribution is -2.58. The summed E-state index contributed by atoms with van der Waals surface area (Å²) in [5.74, 6) is -0.807. The molecule has 0 aromatic heterocycles. The van der Waals surface area contributed by atoms with Gasteiger partial charge in [0.1, 0.15) is 18.4 Å². The van der Waals surface area contributed by atoms with Gasteiger partial charge < -0.3 is 24.4 Å². The van der Waals surface area contributed by atoms with Crippen molar-refractivity contribution in [3.63, 3.8) is 0 Å². The largest absolute Gasteiger partial charge is 0.490 e. The summed E-state index contributed by atoms with van der Waals surface area (Å²) in [7, 11) is 1.57. The Morgan fingerprint density at radius 3 is 2.75 bits per heavy atom. The molecule has 1 aliphatic heterocycles. The van der Waals surface area contributed by atoms with E-state index >= 15 is 0 Å². The van der Waals surface area contributed by atoms with Crippen LogP contribution in [0.4, 0.5) is 0 Å². The molecule has 1 saturated heterocycles. The molecular weight excluding hydrogens is 364 g/mol. The van der Waals surface area contributed by atoms with E-state index in [2.05, 4.69) is 5.32 Å². The van der Waals surface area contributed by atoms with E-state index in [1.165, 1.54) is 4.90 Å². The summed E-state index contributed by atoms with van der Waals surface area (Å²) < 4.78 is 15.9. The number of hydrogen-bond donors (Lipinski definition) is 1. The molecule has 0 radical (unpaired) electrons. The number of amides is 2. The number of rotatable bonds is 9. The third-order valence-electron chi connectivity index (χ3n) is 4.52. The van der Waals surface area contributed by atoms with Gasteiger partial charge in [-0.05, 0) is 25.5 Å². The van der Waals surface area contributed by atoms with Crippen molar-refractivity contribution in [2.45, 2.75) is 38.8 Å². The Balaban J connectivity index is 2.17. The van der Waals surface area contributed by atoms with Crippen LogP contribution in [-0.2, 0) is 19.1 Å². The summed E-state index contributed by atoms with van der Waals surface area (Å²) in [6.07, 6.45) is 0.254. The minimum Gasteiger partial charge on any atom is -0.490 e. The fourth-order valence-corrected chi connectivity index (χ4v) is 2.83. The minimum atomic E-state index is -0.912. The van der Waals surface area contributed by atoms with E-state index in [0.29, 0.717) is 44.0 Å². The van der Waals surface area contributed by atoms with Crippen LogP contribution in [0.15, 0.2) is 24.3 Å². The number of carbonyl (C=O) groups excluding carboxylic acids is 3. The molecule has 2 amide bonds. The van der Waals surface area contributed by atoms with Crippen molar-refractivity contribution in [2.24, 2.45) is 0 Å². The molecule has 1 fully saturated rings. The van der Waals surface area contributed by atoms with E-state index in [1.54, 1.807) is 38.3 Å². The zero-order valence-electron chi connectivity index (χ0n) is 16.6. The van der Waals surface area contributed by atoms with Crippen molar-refractivity contribution in [2.75, 3.05) is 33.4 Å². The molecule has 1 N–H and O–H groups in total. The van der Waals surface area contributed by atoms with E-state index in [9.17, 15) is 14.4 Å². The van der Waals surface area contributed by atoms with E-state index < -0.39 is 12.0 Å². The maximum atomic E-state index is 13.2. The first-order valence-electron chi connectivity index (χ1n) is 9.46. The first-order chi connectivity index (χ1) is 13.5. The second kappa shape index (κ2) is 10.7. The number of hydrogen-bond acceptors (Lipinski definition) is 6. The van der Waals surface area contributed by atoms with Crippen molar-refractivity contribution >= 4 is 17.8 Å². The molecule has 0 aliphatic carbocycles. The first-order valence-corrected chi connectivity index (χ1v) is 9.46. The van der Waals surface area contributed by atoms with Gasteiger partial charge in [0.25, 0.3) is 5.91 Å². The monoisotopic (exact) mass is 392 g/mol. The fourth-order valence-electron chi connectivity index (χ4n) is 2.83. The number of piperazine rings is 1. The first kappa shape index (κ1) is 21.7. The van der Waals surface area contributed by atoms with Crippen LogP contribution >= 0.6 is 0 Å². The van der Waals surface area contributed by atoms with Gasteiger partial charge in [0.05, 0.1) is 24.7 Å². The smallest absolute Gasteiger partial charge is 0.308 e. The molecule has 0 bridgehead atoms. The zero-order valence-corrected chi connectivity index (χ0v) is 16.6.